The lowest BCUT2D eigenvalue weighted by Gasteiger charge is -2.10. The summed E-state index contributed by atoms with van der Waals surface area (Å²) in [6.45, 7) is 3.69. The summed E-state index contributed by atoms with van der Waals surface area (Å²) in [6, 6.07) is 6.09. The molecule has 0 aliphatic rings. The minimum Gasteiger partial charge on any atom is -0.461 e. The van der Waals surface area contributed by atoms with Crippen molar-refractivity contribution in [3.8, 4) is 17.8 Å². The van der Waals surface area contributed by atoms with E-state index in [1.807, 2.05) is 13.8 Å². The van der Waals surface area contributed by atoms with Gasteiger partial charge < -0.3 is 14.8 Å². The van der Waals surface area contributed by atoms with Gasteiger partial charge in [0.15, 0.2) is 11.6 Å². The van der Waals surface area contributed by atoms with Gasteiger partial charge in [-0.3, -0.25) is 0 Å². The van der Waals surface area contributed by atoms with E-state index in [1.54, 1.807) is 19.2 Å². The maximum Gasteiger partial charge on any atom is 0.330 e. The molecule has 0 amide bonds. The Bertz CT molecular complexity index is 592. The summed E-state index contributed by atoms with van der Waals surface area (Å²) in [6.07, 6.45) is -0.0941. The van der Waals surface area contributed by atoms with Gasteiger partial charge >= 0.3 is 12.0 Å². The molecule has 0 bridgehead atoms. The molecule has 106 valence electrons. The fourth-order valence-electron chi connectivity index (χ4n) is 1.38. The van der Waals surface area contributed by atoms with Gasteiger partial charge in [-0.05, 0) is 26.0 Å². The number of halogens is 1. The Morgan fingerprint density at radius 2 is 1.80 bits per heavy atom. The Morgan fingerprint density at radius 1 is 1.10 bits per heavy atom. The second-order valence-electron chi connectivity index (χ2n) is 4.17. The van der Waals surface area contributed by atoms with Gasteiger partial charge in [-0.2, -0.15) is 9.97 Å². The highest BCUT2D eigenvalue weighted by Crippen LogP contribution is 2.23. The van der Waals surface area contributed by atoms with Gasteiger partial charge in [0.05, 0.1) is 6.10 Å². The first kappa shape index (κ1) is 14.0. The van der Waals surface area contributed by atoms with Crippen LogP contribution in [0.1, 0.15) is 13.8 Å². The molecule has 0 saturated heterocycles. The van der Waals surface area contributed by atoms with Crippen molar-refractivity contribution in [2.75, 3.05) is 12.4 Å². The Kier molecular flexibility index (Phi) is 4.29. The standard InChI is InChI=1S/C13H15FN4O2/c1-8(2)19-12-16-11(15-3)17-13(18-12)20-10-7-5-4-6-9(10)14/h4-8H,1-3H3,(H,15,16,17,18). The Morgan fingerprint density at radius 3 is 2.45 bits per heavy atom. The highest BCUT2D eigenvalue weighted by molar-refractivity contribution is 5.30. The third-order valence-corrected chi connectivity index (χ3v) is 2.20. The molecule has 0 saturated carbocycles. The summed E-state index contributed by atoms with van der Waals surface area (Å²) in [4.78, 5) is 12.0. The number of hydrogen-bond acceptors (Lipinski definition) is 6. The van der Waals surface area contributed by atoms with E-state index in [9.17, 15) is 4.39 Å². The van der Waals surface area contributed by atoms with Crippen molar-refractivity contribution in [3.05, 3.63) is 30.1 Å². The number of rotatable bonds is 5. The molecule has 2 rings (SSSR count). The quantitative estimate of drug-likeness (QED) is 0.906. The molecule has 0 aliphatic heterocycles. The topological polar surface area (TPSA) is 69.2 Å². The summed E-state index contributed by atoms with van der Waals surface area (Å²) >= 11 is 0. The van der Waals surface area contributed by atoms with E-state index < -0.39 is 5.82 Å². The Balaban J connectivity index is 2.29. The second kappa shape index (κ2) is 6.14. The average Bonchev–Trinajstić information content (AvgIpc) is 2.40. The van der Waals surface area contributed by atoms with Crippen LogP contribution >= 0.6 is 0 Å². The normalized spacial score (nSPS) is 10.4. The Hall–Kier alpha value is -2.44. The Labute approximate surface area is 116 Å². The minimum absolute atomic E-state index is 0.0369. The number of anilines is 1. The van der Waals surface area contributed by atoms with Crippen LogP contribution in [-0.2, 0) is 0 Å². The maximum atomic E-state index is 13.5. The fourth-order valence-corrected chi connectivity index (χ4v) is 1.38. The van der Waals surface area contributed by atoms with E-state index in [4.69, 9.17) is 9.47 Å². The van der Waals surface area contributed by atoms with Crippen LogP contribution < -0.4 is 14.8 Å². The fraction of sp³-hybridized carbons (Fsp3) is 0.308. The number of nitrogens with one attached hydrogen (secondary N) is 1. The average molecular weight is 278 g/mol. The number of nitrogens with zero attached hydrogens (tertiary/aromatic N) is 3. The zero-order valence-corrected chi connectivity index (χ0v) is 11.4. The summed E-state index contributed by atoms with van der Waals surface area (Å²) in [5, 5.41) is 2.77. The summed E-state index contributed by atoms with van der Waals surface area (Å²) in [7, 11) is 1.65. The zero-order chi connectivity index (χ0) is 14.5. The van der Waals surface area contributed by atoms with Crippen LogP contribution in [-0.4, -0.2) is 28.1 Å². The largest absolute Gasteiger partial charge is 0.461 e. The van der Waals surface area contributed by atoms with Gasteiger partial charge in [0.25, 0.3) is 0 Å². The first-order valence-electron chi connectivity index (χ1n) is 6.11. The first-order chi connectivity index (χ1) is 9.58. The first-order valence-corrected chi connectivity index (χ1v) is 6.11. The van der Waals surface area contributed by atoms with E-state index in [1.165, 1.54) is 12.1 Å². The van der Waals surface area contributed by atoms with Crippen LogP contribution in [0.15, 0.2) is 24.3 Å². The monoisotopic (exact) mass is 278 g/mol. The number of hydrogen-bond donors (Lipinski definition) is 1. The third kappa shape index (κ3) is 3.53. The van der Waals surface area contributed by atoms with E-state index in [0.717, 1.165) is 0 Å². The van der Waals surface area contributed by atoms with E-state index in [2.05, 4.69) is 20.3 Å². The molecule has 0 atom stereocenters. The molecule has 1 heterocycles. The molecule has 1 aromatic carbocycles. The van der Waals surface area contributed by atoms with Crippen LogP contribution in [0.2, 0.25) is 0 Å². The van der Waals surface area contributed by atoms with Crippen LogP contribution in [0.3, 0.4) is 0 Å². The molecule has 1 N–H and O–H groups in total. The molecule has 7 heteroatoms. The molecular weight excluding hydrogens is 263 g/mol. The molecule has 20 heavy (non-hydrogen) atoms. The van der Waals surface area contributed by atoms with Crippen molar-refractivity contribution < 1.29 is 13.9 Å². The van der Waals surface area contributed by atoms with Crippen molar-refractivity contribution in [1.82, 2.24) is 15.0 Å². The van der Waals surface area contributed by atoms with Crippen molar-refractivity contribution in [1.29, 1.82) is 0 Å². The van der Waals surface area contributed by atoms with Crippen LogP contribution in [0.4, 0.5) is 10.3 Å². The number of para-hydroxylation sites is 1. The van der Waals surface area contributed by atoms with Gasteiger partial charge in [0.1, 0.15) is 0 Å². The molecular formula is C13H15FN4O2. The lowest BCUT2D eigenvalue weighted by atomic mass is 10.3. The van der Waals surface area contributed by atoms with Gasteiger partial charge in [-0.25, -0.2) is 4.39 Å². The van der Waals surface area contributed by atoms with Crippen molar-refractivity contribution in [2.45, 2.75) is 20.0 Å². The maximum absolute atomic E-state index is 13.5. The molecule has 0 aliphatic carbocycles. The van der Waals surface area contributed by atoms with Crippen LogP contribution in [0.5, 0.6) is 17.8 Å². The number of benzene rings is 1. The number of aromatic nitrogens is 3. The predicted molar refractivity (Wildman–Crippen MR) is 71.6 cm³/mol. The van der Waals surface area contributed by atoms with Gasteiger partial charge in [0.2, 0.25) is 5.95 Å². The molecule has 0 unspecified atom stereocenters. The van der Waals surface area contributed by atoms with Gasteiger partial charge in [0, 0.05) is 7.05 Å². The smallest absolute Gasteiger partial charge is 0.330 e. The van der Waals surface area contributed by atoms with Crippen molar-refractivity contribution >= 4 is 5.95 Å². The summed E-state index contributed by atoms with van der Waals surface area (Å²) < 4.78 is 24.2. The second-order valence-corrected chi connectivity index (χ2v) is 4.17. The summed E-state index contributed by atoms with van der Waals surface area (Å²) in [5.41, 5.74) is 0. The van der Waals surface area contributed by atoms with Gasteiger partial charge in [-0.15, -0.1) is 4.98 Å². The van der Waals surface area contributed by atoms with E-state index in [-0.39, 0.29) is 29.8 Å². The molecule has 0 radical (unpaired) electrons. The van der Waals surface area contributed by atoms with E-state index in [0.29, 0.717) is 0 Å². The third-order valence-electron chi connectivity index (χ3n) is 2.20. The molecule has 1 aromatic heterocycles. The lowest BCUT2D eigenvalue weighted by Crippen LogP contribution is -2.11. The van der Waals surface area contributed by atoms with Crippen molar-refractivity contribution in [3.63, 3.8) is 0 Å². The van der Waals surface area contributed by atoms with Gasteiger partial charge in [-0.1, -0.05) is 12.1 Å². The molecule has 6 nitrogen and oxygen atoms in total. The summed E-state index contributed by atoms with van der Waals surface area (Å²) in [5.74, 6) is -0.177. The van der Waals surface area contributed by atoms with Crippen LogP contribution in [0.25, 0.3) is 0 Å². The van der Waals surface area contributed by atoms with Crippen molar-refractivity contribution in [2.24, 2.45) is 0 Å². The SMILES string of the molecule is CNc1nc(Oc2ccccc2F)nc(OC(C)C)n1. The molecule has 0 spiro atoms. The number of ether oxygens (including phenoxy) is 2. The zero-order valence-electron chi connectivity index (χ0n) is 11.4. The minimum atomic E-state index is -0.495. The highest BCUT2D eigenvalue weighted by Gasteiger charge is 2.11. The molecule has 2 aromatic rings. The molecule has 0 fully saturated rings. The van der Waals surface area contributed by atoms with E-state index >= 15 is 0 Å². The predicted octanol–water partition coefficient (Wildman–Crippen LogP) is 2.63. The van der Waals surface area contributed by atoms with Crippen LogP contribution in [0, 0.1) is 5.82 Å². The lowest BCUT2D eigenvalue weighted by molar-refractivity contribution is 0.218. The highest BCUT2D eigenvalue weighted by atomic mass is 19.1.